The third-order valence-electron chi connectivity index (χ3n) is 2.13. The molecule has 0 saturated carbocycles. The van der Waals surface area contributed by atoms with Crippen LogP contribution >= 0.6 is 0 Å². The van der Waals surface area contributed by atoms with Crippen molar-refractivity contribution >= 4 is 5.97 Å². The van der Waals surface area contributed by atoms with Crippen molar-refractivity contribution in [3.8, 4) is 0 Å². The number of aliphatic hydroxyl groups excluding tert-OH is 1. The van der Waals surface area contributed by atoms with Gasteiger partial charge in [0.1, 0.15) is 5.82 Å². The van der Waals surface area contributed by atoms with Crippen molar-refractivity contribution in [3.63, 3.8) is 0 Å². The molecule has 1 atom stereocenters. The number of hydrogen-bond acceptors (Lipinski definition) is 3. The number of ether oxygens (including phenoxy) is 1. The van der Waals surface area contributed by atoms with E-state index in [1.54, 1.807) is 0 Å². The molecule has 0 fully saturated rings. The van der Waals surface area contributed by atoms with E-state index < -0.39 is 35.1 Å². The smallest absolute Gasteiger partial charge is 0.337 e. The van der Waals surface area contributed by atoms with Crippen LogP contribution in [-0.4, -0.2) is 29.4 Å². The maximum atomic E-state index is 13.4. The van der Waals surface area contributed by atoms with E-state index in [9.17, 15) is 18.0 Å². The summed E-state index contributed by atoms with van der Waals surface area (Å²) in [5.74, 6) is -5.50. The second-order valence-electron chi connectivity index (χ2n) is 3.45. The zero-order valence-electron chi connectivity index (χ0n) is 9.20. The van der Waals surface area contributed by atoms with Gasteiger partial charge in [0.25, 0.3) is 0 Å². The van der Waals surface area contributed by atoms with Crippen molar-refractivity contribution in [2.45, 2.75) is 12.5 Å². The fourth-order valence-electron chi connectivity index (χ4n) is 1.30. The lowest BCUT2D eigenvalue weighted by Crippen LogP contribution is -2.18. The Morgan fingerprint density at radius 1 is 1.22 bits per heavy atom. The van der Waals surface area contributed by atoms with Gasteiger partial charge in [-0.2, -0.15) is 0 Å². The molecule has 0 bridgehead atoms. The van der Waals surface area contributed by atoms with E-state index in [1.807, 2.05) is 0 Å². The Morgan fingerprint density at radius 2 is 1.83 bits per heavy atom. The lowest BCUT2D eigenvalue weighted by atomic mass is 10.1. The number of halogens is 3. The molecular formula is C11H11F3O4. The Bertz CT molecular complexity index is 437. The van der Waals surface area contributed by atoms with E-state index >= 15 is 0 Å². The molecule has 0 aromatic heterocycles. The Kier molecular flexibility index (Phi) is 5.11. The molecular weight excluding hydrogens is 253 g/mol. The highest BCUT2D eigenvalue weighted by Crippen LogP contribution is 2.23. The number of carboxylic acids is 1. The standard InChI is InChI=1S/C11H11F3O4/c12-7-5-9(14)8(13)4-6(7)10(11(16)17)18-3-1-2-15/h4-5,10,15H,1-3H2,(H,16,17). The summed E-state index contributed by atoms with van der Waals surface area (Å²) < 4.78 is 43.8. The molecule has 4 nitrogen and oxygen atoms in total. The average molecular weight is 264 g/mol. The van der Waals surface area contributed by atoms with Crippen LogP contribution in [0.25, 0.3) is 0 Å². The monoisotopic (exact) mass is 264 g/mol. The van der Waals surface area contributed by atoms with Gasteiger partial charge in [0.15, 0.2) is 17.7 Å². The first-order chi connectivity index (χ1) is 8.47. The molecule has 1 unspecified atom stereocenters. The van der Waals surface area contributed by atoms with Gasteiger partial charge in [0, 0.05) is 18.2 Å². The first kappa shape index (κ1) is 14.5. The van der Waals surface area contributed by atoms with Crippen LogP contribution < -0.4 is 0 Å². The number of carboxylic acid groups (broad SMARTS) is 1. The van der Waals surface area contributed by atoms with Crippen LogP contribution in [0.4, 0.5) is 13.2 Å². The molecule has 1 aromatic rings. The van der Waals surface area contributed by atoms with Gasteiger partial charge in [-0.3, -0.25) is 0 Å². The molecule has 0 radical (unpaired) electrons. The molecule has 0 aliphatic rings. The molecule has 1 aromatic carbocycles. The van der Waals surface area contributed by atoms with Gasteiger partial charge in [0.2, 0.25) is 0 Å². The third kappa shape index (κ3) is 3.44. The first-order valence-corrected chi connectivity index (χ1v) is 5.07. The van der Waals surface area contributed by atoms with E-state index in [0.29, 0.717) is 6.07 Å². The van der Waals surface area contributed by atoms with Crippen molar-refractivity contribution in [2.24, 2.45) is 0 Å². The normalized spacial score (nSPS) is 12.4. The predicted octanol–water partition coefficient (Wildman–Crippen LogP) is 1.63. The SMILES string of the molecule is O=C(O)C(OCCCO)c1cc(F)c(F)cc1F. The van der Waals surface area contributed by atoms with Gasteiger partial charge in [-0.05, 0) is 12.5 Å². The fraction of sp³-hybridized carbons (Fsp3) is 0.364. The summed E-state index contributed by atoms with van der Waals surface area (Å²) in [6.07, 6.45) is -1.60. The summed E-state index contributed by atoms with van der Waals surface area (Å²) in [5.41, 5.74) is -0.598. The molecule has 100 valence electrons. The van der Waals surface area contributed by atoms with Crippen LogP contribution in [0.15, 0.2) is 12.1 Å². The number of hydrogen-bond donors (Lipinski definition) is 2. The molecule has 0 spiro atoms. The molecule has 2 N–H and O–H groups in total. The lowest BCUT2D eigenvalue weighted by Gasteiger charge is -2.14. The highest BCUT2D eigenvalue weighted by molar-refractivity contribution is 5.74. The third-order valence-corrected chi connectivity index (χ3v) is 2.13. The van der Waals surface area contributed by atoms with Crippen LogP contribution in [0, 0.1) is 17.5 Å². The molecule has 0 amide bonds. The van der Waals surface area contributed by atoms with Gasteiger partial charge in [0.05, 0.1) is 6.61 Å². The number of carbonyl (C=O) groups is 1. The van der Waals surface area contributed by atoms with E-state index in [1.165, 1.54) is 0 Å². The average Bonchev–Trinajstić information content (AvgIpc) is 2.30. The van der Waals surface area contributed by atoms with Crippen LogP contribution in [0.3, 0.4) is 0 Å². The quantitative estimate of drug-likeness (QED) is 0.605. The minimum atomic E-state index is -1.74. The van der Waals surface area contributed by atoms with Crippen molar-refractivity contribution in [3.05, 3.63) is 35.1 Å². The number of aliphatic hydroxyl groups is 1. The van der Waals surface area contributed by atoms with Gasteiger partial charge >= 0.3 is 5.97 Å². The van der Waals surface area contributed by atoms with E-state index in [4.69, 9.17) is 14.9 Å². The highest BCUT2D eigenvalue weighted by Gasteiger charge is 2.25. The van der Waals surface area contributed by atoms with Gasteiger partial charge in [-0.25, -0.2) is 18.0 Å². The number of benzene rings is 1. The van der Waals surface area contributed by atoms with Gasteiger partial charge < -0.3 is 14.9 Å². The second-order valence-corrected chi connectivity index (χ2v) is 3.45. The van der Waals surface area contributed by atoms with Gasteiger partial charge in [-0.15, -0.1) is 0 Å². The zero-order chi connectivity index (χ0) is 13.7. The molecule has 0 aliphatic carbocycles. The first-order valence-electron chi connectivity index (χ1n) is 5.07. The fourth-order valence-corrected chi connectivity index (χ4v) is 1.30. The minimum absolute atomic E-state index is 0.147. The highest BCUT2D eigenvalue weighted by atomic mass is 19.2. The summed E-state index contributed by atoms with van der Waals surface area (Å²) in [4.78, 5) is 10.9. The summed E-state index contributed by atoms with van der Waals surface area (Å²) in [7, 11) is 0. The van der Waals surface area contributed by atoms with Crippen LogP contribution in [0.1, 0.15) is 18.1 Å². The Balaban J connectivity index is 2.98. The molecule has 0 heterocycles. The van der Waals surface area contributed by atoms with Crippen molar-refractivity contribution in [1.29, 1.82) is 0 Å². The number of aliphatic carboxylic acids is 1. The molecule has 7 heteroatoms. The summed E-state index contributed by atoms with van der Waals surface area (Å²) >= 11 is 0. The maximum Gasteiger partial charge on any atom is 0.337 e. The van der Waals surface area contributed by atoms with Crippen molar-refractivity contribution in [1.82, 2.24) is 0 Å². The Morgan fingerprint density at radius 3 is 2.39 bits per heavy atom. The summed E-state index contributed by atoms with van der Waals surface area (Å²) in [5, 5.41) is 17.4. The molecule has 0 saturated heterocycles. The second kappa shape index (κ2) is 6.36. The van der Waals surface area contributed by atoms with E-state index in [2.05, 4.69) is 0 Å². The largest absolute Gasteiger partial charge is 0.479 e. The molecule has 18 heavy (non-hydrogen) atoms. The maximum absolute atomic E-state index is 13.4. The van der Waals surface area contributed by atoms with Crippen LogP contribution in [0.2, 0.25) is 0 Å². The summed E-state index contributed by atoms with van der Waals surface area (Å²) in [6, 6.07) is 0.707. The predicted molar refractivity (Wildman–Crippen MR) is 54.3 cm³/mol. The van der Waals surface area contributed by atoms with Crippen molar-refractivity contribution in [2.75, 3.05) is 13.2 Å². The summed E-state index contributed by atoms with van der Waals surface area (Å²) in [6.45, 7) is -0.376. The Labute approximate surface area is 101 Å². The van der Waals surface area contributed by atoms with Crippen LogP contribution in [0.5, 0.6) is 0 Å². The van der Waals surface area contributed by atoms with Crippen LogP contribution in [-0.2, 0) is 9.53 Å². The topological polar surface area (TPSA) is 66.8 Å². The minimum Gasteiger partial charge on any atom is -0.479 e. The van der Waals surface area contributed by atoms with Crippen molar-refractivity contribution < 1.29 is 32.9 Å². The molecule has 1 rings (SSSR count). The molecule has 0 aliphatic heterocycles. The Hall–Kier alpha value is -1.60. The zero-order valence-corrected chi connectivity index (χ0v) is 9.20. The lowest BCUT2D eigenvalue weighted by molar-refractivity contribution is -0.151. The van der Waals surface area contributed by atoms with E-state index in [0.717, 1.165) is 0 Å². The van der Waals surface area contributed by atoms with Gasteiger partial charge in [-0.1, -0.05) is 0 Å². The number of rotatable bonds is 6. The van der Waals surface area contributed by atoms with E-state index in [-0.39, 0.29) is 25.7 Å².